The summed E-state index contributed by atoms with van der Waals surface area (Å²) in [5, 5.41) is 14.3. The lowest BCUT2D eigenvalue weighted by molar-refractivity contribution is -0.385. The number of benzene rings is 1. The van der Waals surface area contributed by atoms with Gasteiger partial charge in [0.15, 0.2) is 11.5 Å². The Bertz CT molecular complexity index is 882. The highest BCUT2D eigenvalue weighted by molar-refractivity contribution is 5.99. The second kappa shape index (κ2) is 10.0. The zero-order chi connectivity index (χ0) is 21.5. The van der Waals surface area contributed by atoms with Crippen molar-refractivity contribution in [2.45, 2.75) is 19.4 Å². The van der Waals surface area contributed by atoms with Crippen molar-refractivity contribution in [3.8, 4) is 11.5 Å². The fourth-order valence-electron chi connectivity index (χ4n) is 3.63. The van der Waals surface area contributed by atoms with Gasteiger partial charge in [0.25, 0.3) is 11.6 Å². The average molecular weight is 414 g/mol. The quantitative estimate of drug-likeness (QED) is 0.523. The molecule has 1 aromatic heterocycles. The molecule has 0 aliphatic carbocycles. The number of methoxy groups -OCH3 is 2. The van der Waals surface area contributed by atoms with Gasteiger partial charge in [0, 0.05) is 31.5 Å². The van der Waals surface area contributed by atoms with Gasteiger partial charge in [-0.05, 0) is 49.5 Å². The van der Waals surface area contributed by atoms with Crippen LogP contribution in [0.1, 0.15) is 28.8 Å². The topological polar surface area (TPSA) is 107 Å². The van der Waals surface area contributed by atoms with Crippen molar-refractivity contribution in [2.75, 3.05) is 33.9 Å². The number of hydrogen-bond acceptors (Lipinski definition) is 7. The number of nitrogens with zero attached hydrogens (tertiary/aromatic N) is 3. The summed E-state index contributed by atoms with van der Waals surface area (Å²) in [5.41, 5.74) is 0.891. The molecule has 0 spiro atoms. The number of piperidine rings is 1. The van der Waals surface area contributed by atoms with Crippen LogP contribution in [0.3, 0.4) is 0 Å². The van der Waals surface area contributed by atoms with Gasteiger partial charge in [0.1, 0.15) is 5.56 Å². The van der Waals surface area contributed by atoms with Gasteiger partial charge in [0.05, 0.1) is 25.2 Å². The van der Waals surface area contributed by atoms with E-state index in [2.05, 4.69) is 15.2 Å². The van der Waals surface area contributed by atoms with E-state index in [9.17, 15) is 14.9 Å². The summed E-state index contributed by atoms with van der Waals surface area (Å²) in [5.74, 6) is 0.337. The van der Waals surface area contributed by atoms with Crippen molar-refractivity contribution in [1.29, 1.82) is 0 Å². The molecule has 1 aliphatic rings. The maximum Gasteiger partial charge on any atom is 0.286 e. The van der Waals surface area contributed by atoms with E-state index >= 15 is 0 Å². The van der Waals surface area contributed by atoms with Crippen molar-refractivity contribution in [3.63, 3.8) is 0 Å². The largest absolute Gasteiger partial charge is 0.493 e. The Morgan fingerprint density at radius 1 is 1.20 bits per heavy atom. The van der Waals surface area contributed by atoms with Gasteiger partial charge in [-0.3, -0.25) is 24.8 Å². The lowest BCUT2D eigenvalue weighted by Gasteiger charge is -2.32. The summed E-state index contributed by atoms with van der Waals surface area (Å²) in [6.45, 7) is 3.26. The van der Waals surface area contributed by atoms with E-state index in [0.717, 1.165) is 32.5 Å². The molecular formula is C21H26N4O5. The minimum absolute atomic E-state index is 0.0345. The summed E-state index contributed by atoms with van der Waals surface area (Å²) >= 11 is 0. The van der Waals surface area contributed by atoms with Crippen LogP contribution in [0.5, 0.6) is 11.5 Å². The number of ether oxygens (including phenoxy) is 2. The zero-order valence-electron chi connectivity index (χ0n) is 17.2. The lowest BCUT2D eigenvalue weighted by atomic mass is 9.96. The summed E-state index contributed by atoms with van der Waals surface area (Å²) in [4.78, 5) is 29.9. The molecule has 1 amide bonds. The Labute approximate surface area is 175 Å². The van der Waals surface area contributed by atoms with Crippen LogP contribution in [0.2, 0.25) is 0 Å². The number of hydrogen-bond donors (Lipinski definition) is 1. The average Bonchev–Trinajstić information content (AvgIpc) is 2.78. The number of carbonyl (C=O) groups is 1. The third kappa shape index (κ3) is 5.24. The molecule has 0 atom stereocenters. The Morgan fingerprint density at radius 2 is 1.83 bits per heavy atom. The Kier molecular flexibility index (Phi) is 7.18. The van der Waals surface area contributed by atoms with E-state index < -0.39 is 10.8 Å². The van der Waals surface area contributed by atoms with E-state index in [-0.39, 0.29) is 22.7 Å². The second-order valence-corrected chi connectivity index (χ2v) is 7.27. The predicted octanol–water partition coefficient (Wildman–Crippen LogP) is 2.65. The molecule has 30 heavy (non-hydrogen) atoms. The highest BCUT2D eigenvalue weighted by atomic mass is 16.6. The molecule has 1 N–H and O–H groups in total. The van der Waals surface area contributed by atoms with Crippen LogP contribution in [0, 0.1) is 16.0 Å². The van der Waals surface area contributed by atoms with Crippen LogP contribution in [0.25, 0.3) is 0 Å². The molecule has 3 rings (SSSR count). The van der Waals surface area contributed by atoms with Crippen molar-refractivity contribution in [2.24, 2.45) is 5.92 Å². The predicted molar refractivity (Wildman–Crippen MR) is 111 cm³/mol. The minimum Gasteiger partial charge on any atom is -0.493 e. The highest BCUT2D eigenvalue weighted by Gasteiger charge is 2.26. The fourth-order valence-corrected chi connectivity index (χ4v) is 3.63. The number of carbonyl (C=O) groups excluding carboxylic acids is 1. The first-order valence-electron chi connectivity index (χ1n) is 9.81. The molecule has 0 unspecified atom stereocenters. The van der Waals surface area contributed by atoms with E-state index in [1.807, 2.05) is 12.1 Å². The van der Waals surface area contributed by atoms with Gasteiger partial charge >= 0.3 is 0 Å². The summed E-state index contributed by atoms with van der Waals surface area (Å²) in [7, 11) is 2.81. The first-order valence-corrected chi connectivity index (χ1v) is 9.81. The number of pyridine rings is 1. The highest BCUT2D eigenvalue weighted by Crippen LogP contribution is 2.34. The van der Waals surface area contributed by atoms with Crippen LogP contribution >= 0.6 is 0 Å². The summed E-state index contributed by atoms with van der Waals surface area (Å²) in [6, 6.07) is 6.60. The van der Waals surface area contributed by atoms with E-state index in [1.165, 1.54) is 31.9 Å². The third-order valence-corrected chi connectivity index (χ3v) is 5.36. The second-order valence-electron chi connectivity index (χ2n) is 7.27. The first-order chi connectivity index (χ1) is 14.5. The monoisotopic (exact) mass is 414 g/mol. The minimum atomic E-state index is -0.589. The third-order valence-electron chi connectivity index (χ3n) is 5.36. The number of nitro benzene ring substituents is 1. The number of nitro groups is 1. The number of amides is 1. The number of nitrogens with one attached hydrogen (secondary N) is 1. The van der Waals surface area contributed by atoms with Gasteiger partial charge in [-0.2, -0.15) is 0 Å². The van der Waals surface area contributed by atoms with Gasteiger partial charge in [0.2, 0.25) is 0 Å². The molecule has 1 saturated heterocycles. The molecule has 1 aliphatic heterocycles. The van der Waals surface area contributed by atoms with Gasteiger partial charge in [-0.15, -0.1) is 0 Å². The molecule has 160 valence electrons. The van der Waals surface area contributed by atoms with Crippen LogP contribution in [0.15, 0.2) is 36.7 Å². The number of likely N-dealkylation sites (tertiary alicyclic amines) is 1. The van der Waals surface area contributed by atoms with Gasteiger partial charge in [-0.25, -0.2) is 0 Å². The van der Waals surface area contributed by atoms with Crippen LogP contribution in [0.4, 0.5) is 5.69 Å². The van der Waals surface area contributed by atoms with Gasteiger partial charge in [-0.1, -0.05) is 0 Å². The summed E-state index contributed by atoms with van der Waals surface area (Å²) < 4.78 is 10.3. The molecule has 2 heterocycles. The SMILES string of the molecule is COc1cc(C(=O)NCC2CCN(Cc3ccncc3)CC2)c([N+](=O)[O-])cc1OC. The van der Waals surface area contributed by atoms with Gasteiger partial charge < -0.3 is 14.8 Å². The molecule has 0 bridgehead atoms. The maximum absolute atomic E-state index is 12.7. The Morgan fingerprint density at radius 3 is 2.43 bits per heavy atom. The molecule has 2 aromatic rings. The van der Waals surface area contributed by atoms with Crippen molar-refractivity contribution < 1.29 is 19.2 Å². The van der Waals surface area contributed by atoms with Crippen LogP contribution in [-0.4, -0.2) is 54.6 Å². The number of rotatable bonds is 8. The maximum atomic E-state index is 12.7. The van der Waals surface area contributed by atoms with Crippen LogP contribution in [-0.2, 0) is 6.54 Å². The summed E-state index contributed by atoms with van der Waals surface area (Å²) in [6.07, 6.45) is 5.51. The van der Waals surface area contributed by atoms with Crippen molar-refractivity contribution in [1.82, 2.24) is 15.2 Å². The standard InChI is InChI=1S/C21H26N4O5/c1-29-19-11-17(18(25(27)28)12-20(19)30-2)21(26)23-13-15-5-9-24(10-6-15)14-16-3-7-22-8-4-16/h3-4,7-8,11-12,15H,5-6,9-10,13-14H2,1-2H3,(H,23,26). The smallest absolute Gasteiger partial charge is 0.286 e. The first kappa shape index (κ1) is 21.5. The zero-order valence-corrected chi connectivity index (χ0v) is 17.2. The molecule has 0 saturated carbocycles. The fraction of sp³-hybridized carbons (Fsp3) is 0.429. The molecule has 0 radical (unpaired) electrons. The number of aromatic nitrogens is 1. The normalized spacial score (nSPS) is 14.9. The van der Waals surface area contributed by atoms with Crippen molar-refractivity contribution >= 4 is 11.6 Å². The van der Waals surface area contributed by atoms with Crippen molar-refractivity contribution in [3.05, 3.63) is 57.9 Å². The molecular weight excluding hydrogens is 388 g/mol. The molecule has 9 nitrogen and oxygen atoms in total. The molecule has 1 aromatic carbocycles. The Balaban J connectivity index is 1.56. The van der Waals surface area contributed by atoms with E-state index in [0.29, 0.717) is 12.5 Å². The van der Waals surface area contributed by atoms with E-state index in [4.69, 9.17) is 9.47 Å². The van der Waals surface area contributed by atoms with E-state index in [1.54, 1.807) is 12.4 Å². The molecule has 9 heteroatoms. The van der Waals surface area contributed by atoms with Crippen LogP contribution < -0.4 is 14.8 Å². The Hall–Kier alpha value is -3.20. The molecule has 1 fully saturated rings. The lowest BCUT2D eigenvalue weighted by Crippen LogP contribution is -2.38.